The van der Waals surface area contributed by atoms with Crippen molar-refractivity contribution in [2.45, 2.75) is 143 Å². The van der Waals surface area contributed by atoms with Crippen LogP contribution in [0.5, 0.6) is 0 Å². The maximum Gasteiger partial charge on any atom is 0.305 e. The lowest BCUT2D eigenvalue weighted by Gasteiger charge is -2.14. The molecule has 0 aromatic heterocycles. The fourth-order valence-corrected chi connectivity index (χ4v) is 3.74. The van der Waals surface area contributed by atoms with E-state index in [4.69, 9.17) is 4.74 Å². The van der Waals surface area contributed by atoms with Gasteiger partial charge in [-0.15, -0.1) is 0 Å². The van der Waals surface area contributed by atoms with E-state index < -0.39 is 0 Å². The molecule has 0 saturated carbocycles. The molecule has 0 radical (unpaired) electrons. The Morgan fingerprint density at radius 2 is 1.11 bits per heavy atom. The minimum Gasteiger partial charge on any atom is -0.466 e. The normalized spacial score (nSPS) is 12.3. The van der Waals surface area contributed by atoms with Gasteiger partial charge in [-0.25, -0.2) is 0 Å². The third-order valence-electron chi connectivity index (χ3n) is 5.82. The zero-order chi connectivity index (χ0) is 20.0. The average molecular weight is 383 g/mol. The zero-order valence-electron chi connectivity index (χ0n) is 19.0. The quantitative estimate of drug-likeness (QED) is 0.147. The van der Waals surface area contributed by atoms with Crippen LogP contribution >= 0.6 is 0 Å². The third-order valence-corrected chi connectivity index (χ3v) is 5.82. The van der Waals surface area contributed by atoms with Crippen LogP contribution < -0.4 is 0 Å². The van der Waals surface area contributed by atoms with Gasteiger partial charge in [-0.1, -0.05) is 124 Å². The summed E-state index contributed by atoms with van der Waals surface area (Å²) < 4.78 is 5.42. The molecular formula is C25H50O2. The Morgan fingerprint density at radius 3 is 1.59 bits per heavy atom. The van der Waals surface area contributed by atoms with Gasteiger partial charge in [-0.2, -0.15) is 0 Å². The van der Waals surface area contributed by atoms with Crippen LogP contribution in [-0.4, -0.2) is 12.6 Å². The van der Waals surface area contributed by atoms with Crippen molar-refractivity contribution in [1.29, 1.82) is 0 Å². The van der Waals surface area contributed by atoms with E-state index in [-0.39, 0.29) is 5.97 Å². The van der Waals surface area contributed by atoms with Gasteiger partial charge in [0.2, 0.25) is 0 Å². The fourth-order valence-electron chi connectivity index (χ4n) is 3.74. The zero-order valence-corrected chi connectivity index (χ0v) is 19.0. The molecule has 0 N–H and O–H groups in total. The first-order chi connectivity index (χ1) is 13.2. The molecule has 0 aliphatic heterocycles. The summed E-state index contributed by atoms with van der Waals surface area (Å²) in [5.41, 5.74) is 0. The summed E-state index contributed by atoms with van der Waals surface area (Å²) >= 11 is 0. The first-order valence-corrected chi connectivity index (χ1v) is 12.4. The van der Waals surface area contributed by atoms with E-state index in [1.807, 2.05) is 0 Å². The summed E-state index contributed by atoms with van der Waals surface area (Å²) in [5, 5.41) is 0. The fraction of sp³-hybridized carbons (Fsp3) is 0.960. The van der Waals surface area contributed by atoms with Crippen LogP contribution in [0.3, 0.4) is 0 Å². The van der Waals surface area contributed by atoms with Crippen molar-refractivity contribution in [1.82, 2.24) is 0 Å². The van der Waals surface area contributed by atoms with E-state index in [2.05, 4.69) is 20.8 Å². The van der Waals surface area contributed by atoms with Crippen molar-refractivity contribution in [2.75, 3.05) is 6.61 Å². The van der Waals surface area contributed by atoms with Gasteiger partial charge in [-0.3, -0.25) is 4.79 Å². The van der Waals surface area contributed by atoms with Crippen LogP contribution in [0, 0.1) is 5.92 Å². The van der Waals surface area contributed by atoms with Crippen molar-refractivity contribution in [3.05, 3.63) is 0 Å². The Hall–Kier alpha value is -0.530. The summed E-state index contributed by atoms with van der Waals surface area (Å²) in [7, 11) is 0. The minimum atomic E-state index is 0.0171. The highest BCUT2D eigenvalue weighted by atomic mass is 16.5. The monoisotopic (exact) mass is 382 g/mol. The van der Waals surface area contributed by atoms with Gasteiger partial charge in [-0.05, 0) is 18.8 Å². The second kappa shape index (κ2) is 21.8. The molecule has 0 spiro atoms. The molecule has 0 aromatic carbocycles. The highest BCUT2D eigenvalue weighted by Gasteiger charge is 2.08. The van der Waals surface area contributed by atoms with E-state index in [1.165, 1.54) is 103 Å². The van der Waals surface area contributed by atoms with E-state index in [0.717, 1.165) is 18.8 Å². The predicted octanol–water partition coefficient (Wildman–Crippen LogP) is 8.62. The van der Waals surface area contributed by atoms with Gasteiger partial charge in [0.15, 0.2) is 0 Å². The highest BCUT2D eigenvalue weighted by Crippen LogP contribution is 2.17. The van der Waals surface area contributed by atoms with Gasteiger partial charge in [0.1, 0.15) is 0 Å². The second-order valence-corrected chi connectivity index (χ2v) is 8.42. The van der Waals surface area contributed by atoms with Crippen molar-refractivity contribution >= 4 is 5.97 Å². The SMILES string of the molecule is CCCCCCCCCCCCCCCC(=O)OCCC(CC)CCCC. The van der Waals surface area contributed by atoms with Crippen molar-refractivity contribution in [3.8, 4) is 0 Å². The van der Waals surface area contributed by atoms with Crippen molar-refractivity contribution in [3.63, 3.8) is 0 Å². The minimum absolute atomic E-state index is 0.0171. The number of unbranched alkanes of at least 4 members (excludes halogenated alkanes) is 13. The first-order valence-electron chi connectivity index (χ1n) is 12.4. The Labute approximate surface area is 171 Å². The molecule has 0 aliphatic rings. The van der Waals surface area contributed by atoms with Gasteiger partial charge < -0.3 is 4.74 Å². The van der Waals surface area contributed by atoms with E-state index in [0.29, 0.717) is 13.0 Å². The summed E-state index contributed by atoms with van der Waals surface area (Å²) in [6.45, 7) is 7.39. The molecule has 1 atom stereocenters. The predicted molar refractivity (Wildman–Crippen MR) is 119 cm³/mol. The van der Waals surface area contributed by atoms with Gasteiger partial charge in [0.05, 0.1) is 6.61 Å². The Morgan fingerprint density at radius 1 is 0.630 bits per heavy atom. The highest BCUT2D eigenvalue weighted by molar-refractivity contribution is 5.69. The molecule has 0 fully saturated rings. The largest absolute Gasteiger partial charge is 0.466 e. The van der Waals surface area contributed by atoms with Crippen LogP contribution in [0.25, 0.3) is 0 Å². The van der Waals surface area contributed by atoms with Crippen LogP contribution in [0.1, 0.15) is 143 Å². The summed E-state index contributed by atoms with van der Waals surface area (Å²) in [4.78, 5) is 11.8. The maximum atomic E-state index is 11.8. The van der Waals surface area contributed by atoms with Gasteiger partial charge >= 0.3 is 5.97 Å². The number of carbonyl (C=O) groups is 1. The smallest absolute Gasteiger partial charge is 0.305 e. The number of rotatable bonds is 21. The molecular weight excluding hydrogens is 332 g/mol. The molecule has 2 nitrogen and oxygen atoms in total. The maximum absolute atomic E-state index is 11.8. The molecule has 0 aliphatic carbocycles. The molecule has 27 heavy (non-hydrogen) atoms. The molecule has 162 valence electrons. The van der Waals surface area contributed by atoms with Crippen molar-refractivity contribution < 1.29 is 9.53 Å². The Kier molecular flexibility index (Phi) is 21.3. The third kappa shape index (κ3) is 20.0. The summed E-state index contributed by atoms with van der Waals surface area (Å²) in [6.07, 6.45) is 24.1. The van der Waals surface area contributed by atoms with Crippen LogP contribution in [0.15, 0.2) is 0 Å². The van der Waals surface area contributed by atoms with E-state index in [1.54, 1.807) is 0 Å². The Bertz CT molecular complexity index is 301. The molecule has 0 rings (SSSR count). The lowest BCUT2D eigenvalue weighted by Crippen LogP contribution is -2.09. The van der Waals surface area contributed by atoms with Crippen LogP contribution in [0.2, 0.25) is 0 Å². The molecule has 0 bridgehead atoms. The lowest BCUT2D eigenvalue weighted by atomic mass is 9.96. The Balaban J connectivity index is 3.29. The molecule has 0 aromatic rings. The standard InChI is InChI=1S/C25H50O2/c1-4-7-9-10-11-12-13-14-15-16-17-18-19-21-25(26)27-23-22-24(6-3)20-8-5-2/h24H,4-23H2,1-3H3. The number of carbonyl (C=O) groups excluding carboxylic acids is 1. The van der Waals surface area contributed by atoms with E-state index >= 15 is 0 Å². The number of ether oxygens (including phenoxy) is 1. The number of esters is 1. The topological polar surface area (TPSA) is 26.3 Å². The number of hydrogen-bond donors (Lipinski definition) is 0. The average Bonchev–Trinajstić information content (AvgIpc) is 2.68. The number of hydrogen-bond acceptors (Lipinski definition) is 2. The molecule has 1 unspecified atom stereocenters. The van der Waals surface area contributed by atoms with Crippen LogP contribution in [-0.2, 0) is 9.53 Å². The van der Waals surface area contributed by atoms with Gasteiger partial charge in [0, 0.05) is 6.42 Å². The molecule has 2 heteroatoms. The molecule has 0 amide bonds. The first kappa shape index (κ1) is 26.5. The van der Waals surface area contributed by atoms with Gasteiger partial charge in [0.25, 0.3) is 0 Å². The summed E-state index contributed by atoms with van der Waals surface area (Å²) in [6, 6.07) is 0. The lowest BCUT2D eigenvalue weighted by molar-refractivity contribution is -0.144. The van der Waals surface area contributed by atoms with Crippen LogP contribution in [0.4, 0.5) is 0 Å². The second-order valence-electron chi connectivity index (χ2n) is 8.42. The van der Waals surface area contributed by atoms with E-state index in [9.17, 15) is 4.79 Å². The molecule has 0 saturated heterocycles. The molecule has 0 heterocycles. The van der Waals surface area contributed by atoms with Crippen molar-refractivity contribution in [2.24, 2.45) is 5.92 Å². The summed E-state index contributed by atoms with van der Waals surface area (Å²) in [5.74, 6) is 0.748.